The first-order valence-electron chi connectivity index (χ1n) is 9.32. The monoisotopic (exact) mass is 528 g/mol. The van der Waals surface area contributed by atoms with Gasteiger partial charge in [0.2, 0.25) is 15.9 Å². The van der Waals surface area contributed by atoms with Crippen molar-refractivity contribution in [2.45, 2.75) is 18.3 Å². The van der Waals surface area contributed by atoms with Crippen molar-refractivity contribution >= 4 is 56.6 Å². The number of amides is 1. The van der Waals surface area contributed by atoms with Crippen LogP contribution in [0.5, 0.6) is 0 Å². The Balaban J connectivity index is 1.92. The number of sulfonamides is 1. The van der Waals surface area contributed by atoms with Crippen LogP contribution in [0.4, 0.5) is 18.9 Å². The van der Waals surface area contributed by atoms with Crippen LogP contribution in [0.15, 0.2) is 42.5 Å². The van der Waals surface area contributed by atoms with Gasteiger partial charge in [-0.15, -0.1) is 0 Å². The summed E-state index contributed by atoms with van der Waals surface area (Å²) in [6.07, 6.45) is -3.28. The summed E-state index contributed by atoms with van der Waals surface area (Å²) in [7, 11) is -4.07. The molecule has 0 saturated heterocycles. The van der Waals surface area contributed by atoms with E-state index in [0.29, 0.717) is 27.6 Å². The number of nitrogens with zero attached hydrogens (tertiary/aromatic N) is 1. The SMILES string of the molecule is CS(=O)(=O)N(CC(=O)NCCCSCc1ccccc1Cl)c1cc(C(F)(F)F)ccc1Cl. The number of anilines is 1. The molecule has 2 aromatic carbocycles. The number of alkyl halides is 3. The molecule has 0 heterocycles. The normalized spacial score (nSPS) is 11.9. The van der Waals surface area contributed by atoms with Gasteiger partial charge in [-0.3, -0.25) is 9.10 Å². The molecule has 32 heavy (non-hydrogen) atoms. The predicted octanol–water partition coefficient (Wildman–Crippen LogP) is 5.22. The van der Waals surface area contributed by atoms with Crippen LogP contribution in [0.3, 0.4) is 0 Å². The zero-order chi connectivity index (χ0) is 23.9. The lowest BCUT2D eigenvalue weighted by Crippen LogP contribution is -2.41. The minimum absolute atomic E-state index is 0.216. The van der Waals surface area contributed by atoms with Crippen LogP contribution in [0.25, 0.3) is 0 Å². The van der Waals surface area contributed by atoms with Crippen molar-refractivity contribution in [3.8, 4) is 0 Å². The molecule has 0 bridgehead atoms. The van der Waals surface area contributed by atoms with E-state index in [1.807, 2.05) is 24.3 Å². The highest BCUT2D eigenvalue weighted by Gasteiger charge is 2.33. The van der Waals surface area contributed by atoms with Gasteiger partial charge in [-0.25, -0.2) is 8.42 Å². The minimum atomic E-state index is -4.69. The van der Waals surface area contributed by atoms with Gasteiger partial charge in [0.05, 0.1) is 22.5 Å². The smallest absolute Gasteiger partial charge is 0.354 e. The second-order valence-corrected chi connectivity index (χ2v) is 10.6. The van der Waals surface area contributed by atoms with E-state index in [0.717, 1.165) is 29.7 Å². The maximum Gasteiger partial charge on any atom is 0.416 e. The van der Waals surface area contributed by atoms with Gasteiger partial charge in [0, 0.05) is 17.3 Å². The van der Waals surface area contributed by atoms with Crippen molar-refractivity contribution in [1.82, 2.24) is 5.32 Å². The van der Waals surface area contributed by atoms with E-state index < -0.39 is 39.9 Å². The summed E-state index contributed by atoms with van der Waals surface area (Å²) in [6.45, 7) is -0.408. The van der Waals surface area contributed by atoms with E-state index >= 15 is 0 Å². The average Bonchev–Trinajstić information content (AvgIpc) is 2.69. The van der Waals surface area contributed by atoms with Crippen molar-refractivity contribution in [1.29, 1.82) is 0 Å². The van der Waals surface area contributed by atoms with Gasteiger partial charge in [0.1, 0.15) is 6.54 Å². The Morgan fingerprint density at radius 2 is 1.81 bits per heavy atom. The summed E-state index contributed by atoms with van der Waals surface area (Å²) in [4.78, 5) is 12.3. The summed E-state index contributed by atoms with van der Waals surface area (Å²) < 4.78 is 63.9. The van der Waals surface area contributed by atoms with Gasteiger partial charge in [-0.2, -0.15) is 24.9 Å². The van der Waals surface area contributed by atoms with E-state index in [2.05, 4.69) is 5.32 Å². The second-order valence-electron chi connectivity index (χ2n) is 6.78. The molecule has 0 aliphatic heterocycles. The number of nitrogens with one attached hydrogen (secondary N) is 1. The molecule has 1 N–H and O–H groups in total. The first kappa shape index (κ1) is 26.6. The molecule has 176 valence electrons. The molecule has 2 aromatic rings. The maximum atomic E-state index is 13.0. The van der Waals surface area contributed by atoms with Crippen LogP contribution in [-0.4, -0.2) is 39.4 Å². The van der Waals surface area contributed by atoms with Gasteiger partial charge in [0.25, 0.3) is 0 Å². The Morgan fingerprint density at radius 1 is 1.12 bits per heavy atom. The van der Waals surface area contributed by atoms with Crippen LogP contribution in [0, 0.1) is 0 Å². The van der Waals surface area contributed by atoms with Crippen molar-refractivity contribution in [3.05, 3.63) is 63.6 Å². The van der Waals surface area contributed by atoms with Crippen LogP contribution in [0.2, 0.25) is 10.0 Å². The summed E-state index contributed by atoms with van der Waals surface area (Å²) in [5.41, 5.74) is -0.471. The Hall–Kier alpha value is -1.62. The topological polar surface area (TPSA) is 66.5 Å². The second kappa shape index (κ2) is 11.5. The summed E-state index contributed by atoms with van der Waals surface area (Å²) >= 11 is 13.7. The third kappa shape index (κ3) is 8.06. The van der Waals surface area contributed by atoms with E-state index in [-0.39, 0.29) is 11.6 Å². The van der Waals surface area contributed by atoms with Crippen molar-refractivity contribution in [2.24, 2.45) is 0 Å². The van der Waals surface area contributed by atoms with E-state index in [9.17, 15) is 26.4 Å². The van der Waals surface area contributed by atoms with Crippen molar-refractivity contribution in [2.75, 3.05) is 29.4 Å². The van der Waals surface area contributed by atoms with E-state index in [1.165, 1.54) is 0 Å². The molecule has 0 saturated carbocycles. The number of benzene rings is 2. The van der Waals surface area contributed by atoms with Gasteiger partial charge in [-0.1, -0.05) is 41.4 Å². The Kier molecular flexibility index (Phi) is 9.56. The third-order valence-electron chi connectivity index (χ3n) is 4.23. The Labute approximate surface area is 199 Å². The van der Waals surface area contributed by atoms with Gasteiger partial charge < -0.3 is 5.32 Å². The number of hydrogen-bond acceptors (Lipinski definition) is 4. The lowest BCUT2D eigenvalue weighted by Gasteiger charge is -2.24. The van der Waals surface area contributed by atoms with Gasteiger partial charge in [-0.05, 0) is 42.0 Å². The number of thioether (sulfide) groups is 1. The fourth-order valence-electron chi connectivity index (χ4n) is 2.65. The number of halogens is 5. The molecular formula is C20H21Cl2F3N2O3S2. The largest absolute Gasteiger partial charge is 0.416 e. The molecule has 0 aliphatic rings. The molecule has 0 aromatic heterocycles. The zero-order valence-corrected chi connectivity index (χ0v) is 20.1. The quantitative estimate of drug-likeness (QED) is 0.429. The Bertz CT molecular complexity index is 1050. The van der Waals surface area contributed by atoms with Gasteiger partial charge in [0.15, 0.2) is 0 Å². The van der Waals surface area contributed by atoms with Crippen LogP contribution < -0.4 is 9.62 Å². The molecular weight excluding hydrogens is 508 g/mol. The van der Waals surface area contributed by atoms with Crippen LogP contribution in [0.1, 0.15) is 17.5 Å². The maximum absolute atomic E-state index is 13.0. The van der Waals surface area contributed by atoms with Crippen molar-refractivity contribution < 1.29 is 26.4 Å². The Morgan fingerprint density at radius 3 is 2.44 bits per heavy atom. The van der Waals surface area contributed by atoms with Crippen LogP contribution >= 0.6 is 35.0 Å². The highest BCUT2D eigenvalue weighted by Crippen LogP contribution is 2.36. The third-order valence-corrected chi connectivity index (χ3v) is 7.14. The lowest BCUT2D eigenvalue weighted by molar-refractivity contribution is -0.137. The molecule has 2 rings (SSSR count). The van der Waals surface area contributed by atoms with Crippen molar-refractivity contribution in [3.63, 3.8) is 0 Å². The number of carbonyl (C=O) groups is 1. The van der Waals surface area contributed by atoms with E-state index in [4.69, 9.17) is 23.2 Å². The minimum Gasteiger partial charge on any atom is -0.354 e. The molecule has 0 fully saturated rings. The summed E-state index contributed by atoms with van der Waals surface area (Å²) in [5.74, 6) is 0.782. The summed E-state index contributed by atoms with van der Waals surface area (Å²) in [5, 5.41) is 3.05. The number of carbonyl (C=O) groups excluding carboxylic acids is 1. The van der Waals surface area contributed by atoms with Gasteiger partial charge >= 0.3 is 6.18 Å². The highest BCUT2D eigenvalue weighted by molar-refractivity contribution is 7.98. The van der Waals surface area contributed by atoms with Crippen LogP contribution in [-0.2, 0) is 26.7 Å². The molecule has 1 amide bonds. The molecule has 0 spiro atoms. The highest BCUT2D eigenvalue weighted by atomic mass is 35.5. The summed E-state index contributed by atoms with van der Waals surface area (Å²) in [6, 6.07) is 9.78. The molecule has 5 nitrogen and oxygen atoms in total. The first-order valence-corrected chi connectivity index (χ1v) is 13.1. The average molecular weight is 529 g/mol. The molecule has 0 aliphatic carbocycles. The molecule has 0 unspecified atom stereocenters. The van der Waals surface area contributed by atoms with E-state index in [1.54, 1.807) is 11.8 Å². The predicted molar refractivity (Wildman–Crippen MR) is 124 cm³/mol. The standard InChI is InChI=1S/C20H21Cl2F3N2O3S2/c1-32(29,30)27(18-11-15(20(23,24)25)7-8-17(18)22)12-19(28)26-9-4-10-31-13-14-5-2-3-6-16(14)21/h2-3,5-8,11H,4,9-10,12-13H2,1H3,(H,26,28). The fourth-order valence-corrected chi connectivity index (χ4v) is 5.02. The molecule has 0 atom stereocenters. The molecule has 12 heteroatoms. The number of hydrogen-bond donors (Lipinski definition) is 1. The lowest BCUT2D eigenvalue weighted by atomic mass is 10.2. The first-order chi connectivity index (χ1) is 14.9. The number of rotatable bonds is 10. The zero-order valence-electron chi connectivity index (χ0n) is 17.0. The molecule has 0 radical (unpaired) electrons. The fraction of sp³-hybridized carbons (Fsp3) is 0.350.